The third kappa shape index (κ3) is 1.69. The molecule has 0 saturated heterocycles. The lowest BCUT2D eigenvalue weighted by Gasteiger charge is -2.01. The molecule has 1 N–H and O–H groups in total. The van der Waals surface area contributed by atoms with Gasteiger partial charge in [0.1, 0.15) is 5.52 Å². The predicted molar refractivity (Wildman–Crippen MR) is 65.6 cm³/mol. The Bertz CT molecular complexity index is 719. The van der Waals surface area contributed by atoms with Crippen LogP contribution >= 0.6 is 0 Å². The number of benzene rings is 2. The topological polar surface area (TPSA) is 58.6 Å². The molecular weight excluding hydrogens is 214 g/mol. The first-order valence-electron chi connectivity index (χ1n) is 5.25. The number of hydrogen-bond acceptors (Lipinski definition) is 3. The van der Waals surface area contributed by atoms with Gasteiger partial charge in [-0.15, -0.1) is 5.10 Å². The fourth-order valence-electron chi connectivity index (χ4n) is 1.80. The van der Waals surface area contributed by atoms with E-state index < -0.39 is 0 Å². The summed E-state index contributed by atoms with van der Waals surface area (Å²) in [6.07, 6.45) is 0. The Morgan fingerprint density at radius 2 is 1.76 bits per heavy atom. The number of aromatic amines is 1. The maximum atomic E-state index is 11.5. The van der Waals surface area contributed by atoms with Gasteiger partial charge in [0.05, 0.1) is 5.39 Å². The molecule has 0 saturated carbocycles. The first-order valence-corrected chi connectivity index (χ1v) is 5.25. The number of rotatable bonds is 1. The van der Waals surface area contributed by atoms with E-state index in [0.717, 1.165) is 11.1 Å². The minimum absolute atomic E-state index is 0.213. The molecule has 0 aliphatic heterocycles. The summed E-state index contributed by atoms with van der Waals surface area (Å²) in [6, 6.07) is 15.5. The predicted octanol–water partition coefficient (Wildman–Crippen LogP) is 1.99. The van der Waals surface area contributed by atoms with Crippen molar-refractivity contribution in [2.45, 2.75) is 0 Å². The average Bonchev–Trinajstić information content (AvgIpc) is 2.40. The molecule has 82 valence electrons. The summed E-state index contributed by atoms with van der Waals surface area (Å²) < 4.78 is 0. The number of aromatic nitrogens is 3. The number of nitrogens with one attached hydrogen (secondary N) is 1. The SMILES string of the molecule is O=c1[nH]nnc2cc(-c3ccccc3)ccc12. The molecular formula is C13H9N3O. The molecule has 3 rings (SSSR count). The first kappa shape index (κ1) is 9.72. The van der Waals surface area contributed by atoms with Crippen LogP contribution in [0.25, 0.3) is 22.0 Å². The van der Waals surface area contributed by atoms with Crippen LogP contribution in [0.4, 0.5) is 0 Å². The largest absolute Gasteiger partial charge is 0.275 e. The van der Waals surface area contributed by atoms with Crippen molar-refractivity contribution in [1.82, 2.24) is 15.4 Å². The van der Waals surface area contributed by atoms with Crippen LogP contribution in [0.3, 0.4) is 0 Å². The highest BCUT2D eigenvalue weighted by atomic mass is 16.1. The summed E-state index contributed by atoms with van der Waals surface area (Å²) in [7, 11) is 0. The Morgan fingerprint density at radius 1 is 0.941 bits per heavy atom. The van der Waals surface area contributed by atoms with Gasteiger partial charge in [-0.1, -0.05) is 41.6 Å². The van der Waals surface area contributed by atoms with Gasteiger partial charge in [0.15, 0.2) is 0 Å². The van der Waals surface area contributed by atoms with Crippen molar-refractivity contribution in [1.29, 1.82) is 0 Å². The smallest absolute Gasteiger partial charge is 0.267 e. The summed E-state index contributed by atoms with van der Waals surface area (Å²) >= 11 is 0. The molecule has 4 nitrogen and oxygen atoms in total. The van der Waals surface area contributed by atoms with Crippen molar-refractivity contribution in [3.05, 3.63) is 58.9 Å². The molecule has 0 fully saturated rings. The van der Waals surface area contributed by atoms with Gasteiger partial charge in [0, 0.05) is 0 Å². The van der Waals surface area contributed by atoms with Gasteiger partial charge in [-0.3, -0.25) is 4.79 Å². The standard InChI is InChI=1S/C13H9N3O/c17-13-11-7-6-10(8-12(11)14-16-15-13)9-4-2-1-3-5-9/h1-8H,(H,14,15,17). The lowest BCUT2D eigenvalue weighted by Crippen LogP contribution is -2.09. The van der Waals surface area contributed by atoms with Gasteiger partial charge in [-0.2, -0.15) is 0 Å². The third-order valence-electron chi connectivity index (χ3n) is 2.66. The maximum Gasteiger partial charge on any atom is 0.275 e. The van der Waals surface area contributed by atoms with Crippen LogP contribution in [0.2, 0.25) is 0 Å². The van der Waals surface area contributed by atoms with Gasteiger partial charge in [0.25, 0.3) is 5.56 Å². The Balaban J connectivity index is 2.25. The van der Waals surface area contributed by atoms with Crippen LogP contribution in [0.5, 0.6) is 0 Å². The Hall–Kier alpha value is -2.49. The second-order valence-electron chi connectivity index (χ2n) is 3.74. The van der Waals surface area contributed by atoms with Crippen LogP contribution in [0.1, 0.15) is 0 Å². The minimum Gasteiger partial charge on any atom is -0.267 e. The monoisotopic (exact) mass is 223 g/mol. The van der Waals surface area contributed by atoms with Crippen LogP contribution in [0.15, 0.2) is 53.3 Å². The Kier molecular flexibility index (Phi) is 2.19. The Labute approximate surface area is 96.9 Å². The molecule has 0 amide bonds. The molecule has 0 spiro atoms. The molecule has 0 atom stereocenters. The fourth-order valence-corrected chi connectivity index (χ4v) is 1.80. The molecule has 17 heavy (non-hydrogen) atoms. The first-order chi connectivity index (χ1) is 8.34. The quantitative estimate of drug-likeness (QED) is 0.686. The molecule has 2 aromatic carbocycles. The minimum atomic E-state index is -0.213. The van der Waals surface area contributed by atoms with E-state index >= 15 is 0 Å². The lowest BCUT2D eigenvalue weighted by molar-refractivity contribution is 0.872. The molecule has 0 unspecified atom stereocenters. The second-order valence-corrected chi connectivity index (χ2v) is 3.74. The molecule has 1 heterocycles. The Morgan fingerprint density at radius 3 is 2.59 bits per heavy atom. The molecule has 4 heteroatoms. The van der Waals surface area contributed by atoms with Crippen molar-refractivity contribution in [2.24, 2.45) is 0 Å². The highest BCUT2D eigenvalue weighted by Gasteiger charge is 2.02. The van der Waals surface area contributed by atoms with Gasteiger partial charge in [-0.05, 0) is 23.3 Å². The molecule has 3 aromatic rings. The molecule has 0 aliphatic rings. The zero-order valence-electron chi connectivity index (χ0n) is 8.92. The highest BCUT2D eigenvalue weighted by molar-refractivity contribution is 5.82. The van der Waals surface area contributed by atoms with E-state index in [9.17, 15) is 4.79 Å². The summed E-state index contributed by atoms with van der Waals surface area (Å²) in [5.74, 6) is 0. The van der Waals surface area contributed by atoms with Crippen LogP contribution in [-0.2, 0) is 0 Å². The molecule has 0 bridgehead atoms. The van der Waals surface area contributed by atoms with Gasteiger partial charge >= 0.3 is 0 Å². The summed E-state index contributed by atoms with van der Waals surface area (Å²) in [6.45, 7) is 0. The van der Waals surface area contributed by atoms with Crippen molar-refractivity contribution in [3.63, 3.8) is 0 Å². The van der Waals surface area contributed by atoms with Crippen LogP contribution in [0, 0.1) is 0 Å². The van der Waals surface area contributed by atoms with E-state index in [1.807, 2.05) is 42.5 Å². The van der Waals surface area contributed by atoms with E-state index in [1.54, 1.807) is 6.07 Å². The maximum absolute atomic E-state index is 11.5. The normalized spacial score (nSPS) is 10.6. The van der Waals surface area contributed by atoms with Crippen molar-refractivity contribution >= 4 is 10.9 Å². The average molecular weight is 223 g/mol. The summed E-state index contributed by atoms with van der Waals surface area (Å²) in [5, 5.41) is 10.4. The number of H-pyrrole nitrogens is 1. The van der Waals surface area contributed by atoms with Gasteiger partial charge < -0.3 is 0 Å². The van der Waals surface area contributed by atoms with Crippen molar-refractivity contribution < 1.29 is 0 Å². The molecule has 0 radical (unpaired) electrons. The summed E-state index contributed by atoms with van der Waals surface area (Å²) in [5.41, 5.74) is 2.51. The third-order valence-corrected chi connectivity index (χ3v) is 2.66. The second kappa shape index (κ2) is 3.83. The van der Waals surface area contributed by atoms with Crippen molar-refractivity contribution in [3.8, 4) is 11.1 Å². The zero-order valence-corrected chi connectivity index (χ0v) is 8.92. The van der Waals surface area contributed by atoms with Gasteiger partial charge in [0.2, 0.25) is 0 Å². The van der Waals surface area contributed by atoms with E-state index in [1.165, 1.54) is 0 Å². The van der Waals surface area contributed by atoms with E-state index in [0.29, 0.717) is 10.9 Å². The number of fused-ring (bicyclic) bond motifs is 1. The van der Waals surface area contributed by atoms with Crippen LogP contribution in [-0.4, -0.2) is 15.4 Å². The van der Waals surface area contributed by atoms with E-state index in [2.05, 4.69) is 15.4 Å². The number of nitrogens with zero attached hydrogens (tertiary/aromatic N) is 2. The fraction of sp³-hybridized carbons (Fsp3) is 0. The van der Waals surface area contributed by atoms with E-state index in [-0.39, 0.29) is 5.56 Å². The van der Waals surface area contributed by atoms with Gasteiger partial charge in [-0.25, -0.2) is 5.10 Å². The zero-order chi connectivity index (χ0) is 11.7. The molecule has 1 aromatic heterocycles. The number of hydrogen-bond donors (Lipinski definition) is 1. The van der Waals surface area contributed by atoms with Crippen LogP contribution < -0.4 is 5.56 Å². The lowest BCUT2D eigenvalue weighted by atomic mass is 10.0. The van der Waals surface area contributed by atoms with E-state index in [4.69, 9.17) is 0 Å². The van der Waals surface area contributed by atoms with Crippen molar-refractivity contribution in [2.75, 3.05) is 0 Å². The highest BCUT2D eigenvalue weighted by Crippen LogP contribution is 2.21. The summed E-state index contributed by atoms with van der Waals surface area (Å²) in [4.78, 5) is 11.5. The molecule has 0 aliphatic carbocycles.